The molecule has 0 aliphatic carbocycles. The van der Waals surface area contributed by atoms with E-state index in [4.69, 9.17) is 8.37 Å². The molecule has 0 aromatic heterocycles. The smallest absolute Gasteiger partial charge is 0.239 e. The molecule has 0 saturated carbocycles. The quantitative estimate of drug-likeness (QED) is 0.692. The minimum Gasteiger partial charge on any atom is -0.239 e. The van der Waals surface area contributed by atoms with E-state index in [0.29, 0.717) is 12.8 Å². The predicted molar refractivity (Wildman–Crippen MR) is 48.5 cm³/mol. The Morgan fingerprint density at radius 1 is 1.00 bits per heavy atom. The van der Waals surface area contributed by atoms with Crippen LogP contribution in [0.4, 0.5) is 0 Å². The molecular weight excluding hydrogens is 192 g/mol. The number of rotatable bonds is 2. The van der Waals surface area contributed by atoms with Gasteiger partial charge in [0.2, 0.25) is 0 Å². The fraction of sp³-hybridized carbons (Fsp3) is 1.00. The van der Waals surface area contributed by atoms with Gasteiger partial charge in [0, 0.05) is 0 Å². The average Bonchev–Trinajstić information content (AvgIpc) is 2.19. The third-order valence-electron chi connectivity index (χ3n) is 3.04. The topological polar surface area (TPSA) is 52.6 Å². The van der Waals surface area contributed by atoms with Crippen molar-refractivity contribution in [3.05, 3.63) is 0 Å². The molecule has 2 unspecified atom stereocenters. The highest BCUT2D eigenvalue weighted by Crippen LogP contribution is 2.43. The summed E-state index contributed by atoms with van der Waals surface area (Å²) < 4.78 is 32.2. The van der Waals surface area contributed by atoms with Gasteiger partial charge in [-0.1, -0.05) is 13.8 Å². The molecular formula is C8H16O4S. The molecule has 0 aromatic rings. The lowest BCUT2D eigenvalue weighted by Gasteiger charge is -2.33. The van der Waals surface area contributed by atoms with Gasteiger partial charge in [0.25, 0.3) is 0 Å². The monoisotopic (exact) mass is 208 g/mol. The van der Waals surface area contributed by atoms with Crippen molar-refractivity contribution in [2.24, 2.45) is 0 Å². The third kappa shape index (κ3) is 1.60. The lowest BCUT2D eigenvalue weighted by atomic mass is 9.82. The van der Waals surface area contributed by atoms with Crippen molar-refractivity contribution >= 4 is 10.4 Å². The second-order valence-electron chi connectivity index (χ2n) is 3.74. The second kappa shape index (κ2) is 2.93. The predicted octanol–water partition coefficient (Wildman–Crippen LogP) is 1.62. The summed E-state index contributed by atoms with van der Waals surface area (Å²) in [4.78, 5) is 0. The van der Waals surface area contributed by atoms with Gasteiger partial charge in [-0.2, -0.15) is 8.42 Å². The first-order chi connectivity index (χ1) is 5.79. The van der Waals surface area contributed by atoms with Gasteiger partial charge >= 0.3 is 10.4 Å². The van der Waals surface area contributed by atoms with E-state index in [1.54, 1.807) is 13.8 Å². The molecule has 0 radical (unpaired) electrons. The van der Waals surface area contributed by atoms with Crippen LogP contribution in [0.2, 0.25) is 0 Å². The van der Waals surface area contributed by atoms with Crippen molar-refractivity contribution in [3.8, 4) is 0 Å². The van der Waals surface area contributed by atoms with E-state index in [1.807, 2.05) is 13.8 Å². The zero-order valence-corrected chi connectivity index (χ0v) is 9.27. The van der Waals surface area contributed by atoms with Crippen LogP contribution in [-0.2, 0) is 18.8 Å². The summed E-state index contributed by atoms with van der Waals surface area (Å²) in [5, 5.41) is 0. The van der Waals surface area contributed by atoms with Crippen LogP contribution in [0.15, 0.2) is 0 Å². The lowest BCUT2D eigenvalue weighted by molar-refractivity contribution is -0.0281. The zero-order valence-electron chi connectivity index (χ0n) is 8.46. The standard InChI is InChI=1S/C8H16O4S/c1-5-7(3)8(4,6-2)12-13(9,10)11-7/h5-6H2,1-4H3. The molecule has 1 aliphatic heterocycles. The minimum absolute atomic E-state index is 0.608. The van der Waals surface area contributed by atoms with Crippen molar-refractivity contribution in [3.63, 3.8) is 0 Å². The Kier molecular flexibility index (Phi) is 2.47. The van der Waals surface area contributed by atoms with Crippen LogP contribution in [0.3, 0.4) is 0 Å². The molecule has 1 saturated heterocycles. The average molecular weight is 208 g/mol. The van der Waals surface area contributed by atoms with Gasteiger partial charge in [-0.3, -0.25) is 0 Å². The van der Waals surface area contributed by atoms with Gasteiger partial charge in [0.05, 0.1) is 0 Å². The molecule has 1 aliphatic rings. The first-order valence-electron chi connectivity index (χ1n) is 4.45. The van der Waals surface area contributed by atoms with E-state index in [1.165, 1.54) is 0 Å². The molecule has 1 rings (SSSR count). The van der Waals surface area contributed by atoms with Crippen LogP contribution in [0.5, 0.6) is 0 Å². The third-order valence-corrected chi connectivity index (χ3v) is 4.18. The van der Waals surface area contributed by atoms with Gasteiger partial charge in [0.15, 0.2) is 0 Å². The van der Waals surface area contributed by atoms with Gasteiger partial charge in [-0.25, -0.2) is 8.37 Å². The zero-order chi connectivity index (χ0) is 10.3. The van der Waals surface area contributed by atoms with E-state index in [-0.39, 0.29) is 0 Å². The molecule has 1 heterocycles. The molecule has 0 N–H and O–H groups in total. The van der Waals surface area contributed by atoms with E-state index in [0.717, 1.165) is 0 Å². The van der Waals surface area contributed by atoms with E-state index in [2.05, 4.69) is 0 Å². The molecule has 0 spiro atoms. The highest BCUT2D eigenvalue weighted by molar-refractivity contribution is 7.82. The van der Waals surface area contributed by atoms with Crippen LogP contribution < -0.4 is 0 Å². The maximum Gasteiger partial charge on any atom is 0.401 e. The van der Waals surface area contributed by atoms with Crippen LogP contribution in [0.25, 0.3) is 0 Å². The number of hydrogen-bond donors (Lipinski definition) is 0. The van der Waals surface area contributed by atoms with Crippen LogP contribution >= 0.6 is 0 Å². The summed E-state index contributed by atoms with van der Waals surface area (Å²) in [7, 11) is -3.79. The molecule has 4 nitrogen and oxygen atoms in total. The van der Waals surface area contributed by atoms with E-state index in [9.17, 15) is 8.42 Å². The Hall–Kier alpha value is -0.130. The summed E-state index contributed by atoms with van der Waals surface area (Å²) in [5.74, 6) is 0. The SMILES string of the molecule is CCC1(C)OS(=O)(=O)OC1(C)CC. The summed E-state index contributed by atoms with van der Waals surface area (Å²) in [5.41, 5.74) is -1.47. The highest BCUT2D eigenvalue weighted by Gasteiger charge is 2.56. The van der Waals surface area contributed by atoms with Gasteiger partial charge in [-0.05, 0) is 26.7 Å². The van der Waals surface area contributed by atoms with E-state index >= 15 is 0 Å². The summed E-state index contributed by atoms with van der Waals surface area (Å²) >= 11 is 0. The molecule has 2 atom stereocenters. The lowest BCUT2D eigenvalue weighted by Crippen LogP contribution is -2.46. The molecule has 0 amide bonds. The maximum absolute atomic E-state index is 11.1. The Balaban J connectivity index is 3.11. The first kappa shape index (κ1) is 10.9. The Morgan fingerprint density at radius 2 is 1.31 bits per heavy atom. The van der Waals surface area contributed by atoms with Crippen LogP contribution in [0, 0.1) is 0 Å². The molecule has 1 fully saturated rings. The second-order valence-corrected chi connectivity index (χ2v) is 4.89. The van der Waals surface area contributed by atoms with Gasteiger partial charge < -0.3 is 0 Å². The molecule has 13 heavy (non-hydrogen) atoms. The van der Waals surface area contributed by atoms with Crippen molar-refractivity contribution in [2.45, 2.75) is 51.7 Å². The summed E-state index contributed by atoms with van der Waals surface area (Å²) in [6.45, 7) is 7.30. The normalized spacial score (nSPS) is 43.7. The summed E-state index contributed by atoms with van der Waals surface area (Å²) in [6.07, 6.45) is 1.22. The molecule has 78 valence electrons. The van der Waals surface area contributed by atoms with Crippen LogP contribution in [-0.4, -0.2) is 19.6 Å². The molecule has 5 heteroatoms. The largest absolute Gasteiger partial charge is 0.401 e. The Labute approximate surface area is 79.6 Å². The fourth-order valence-electron chi connectivity index (χ4n) is 1.51. The molecule has 0 aromatic carbocycles. The maximum atomic E-state index is 11.1. The van der Waals surface area contributed by atoms with Crippen molar-refractivity contribution in [2.75, 3.05) is 0 Å². The molecule has 0 bridgehead atoms. The Bertz CT molecular complexity index is 273. The summed E-state index contributed by atoms with van der Waals surface area (Å²) in [6, 6.07) is 0. The van der Waals surface area contributed by atoms with Crippen molar-refractivity contribution < 1.29 is 16.8 Å². The number of hydrogen-bond acceptors (Lipinski definition) is 4. The minimum atomic E-state index is -3.79. The van der Waals surface area contributed by atoms with Gasteiger partial charge in [-0.15, -0.1) is 0 Å². The highest BCUT2D eigenvalue weighted by atomic mass is 32.3. The van der Waals surface area contributed by atoms with Crippen molar-refractivity contribution in [1.82, 2.24) is 0 Å². The van der Waals surface area contributed by atoms with Crippen molar-refractivity contribution in [1.29, 1.82) is 0 Å². The van der Waals surface area contributed by atoms with E-state index < -0.39 is 21.6 Å². The first-order valence-corrected chi connectivity index (χ1v) is 5.78. The Morgan fingerprint density at radius 3 is 1.54 bits per heavy atom. The fourth-order valence-corrected chi connectivity index (χ4v) is 3.03. The van der Waals surface area contributed by atoms with Crippen LogP contribution in [0.1, 0.15) is 40.5 Å². The van der Waals surface area contributed by atoms with Gasteiger partial charge in [0.1, 0.15) is 11.2 Å².